The Balaban J connectivity index is 1.33. The molecule has 1 N–H and O–H groups in total. The highest BCUT2D eigenvalue weighted by atomic mass is 35.5. The Morgan fingerprint density at radius 2 is 1.93 bits per heavy atom. The van der Waals surface area contributed by atoms with Crippen LogP contribution in [0.2, 0.25) is 5.02 Å². The largest absolute Gasteiger partial charge is 0.486 e. The number of nitrogens with one attached hydrogen (secondary N) is 1. The van der Waals surface area contributed by atoms with Gasteiger partial charge in [-0.1, -0.05) is 29.8 Å². The Hall–Kier alpha value is -2.24. The summed E-state index contributed by atoms with van der Waals surface area (Å²) in [5, 5.41) is 4.11. The van der Waals surface area contributed by atoms with Crippen LogP contribution in [0.1, 0.15) is 29.5 Å². The molecular weight excluding hydrogens is 376 g/mol. The molecule has 5 rings (SSSR count). The lowest BCUT2D eigenvalue weighted by molar-refractivity contribution is -0.136. The zero-order chi connectivity index (χ0) is 19.1. The summed E-state index contributed by atoms with van der Waals surface area (Å²) in [5.41, 5.74) is 2.25. The highest BCUT2D eigenvalue weighted by molar-refractivity contribution is 6.30. The van der Waals surface area contributed by atoms with E-state index in [-0.39, 0.29) is 23.8 Å². The number of nitrogens with zero attached hydrogens (tertiary/aromatic N) is 1. The molecule has 0 spiro atoms. The summed E-state index contributed by atoms with van der Waals surface area (Å²) in [6, 6.07) is 13.9. The van der Waals surface area contributed by atoms with Gasteiger partial charge in [0.25, 0.3) is 0 Å². The molecule has 146 valence electrons. The predicted octanol–water partition coefficient (Wildman–Crippen LogP) is 3.39. The number of ether oxygens (including phenoxy) is 2. The van der Waals surface area contributed by atoms with Gasteiger partial charge in [-0.2, -0.15) is 0 Å². The van der Waals surface area contributed by atoms with Crippen molar-refractivity contribution in [3.8, 4) is 11.5 Å². The minimum atomic E-state index is 0.0291. The van der Waals surface area contributed by atoms with Crippen LogP contribution in [-0.4, -0.2) is 43.7 Å². The van der Waals surface area contributed by atoms with E-state index in [2.05, 4.69) is 17.4 Å². The SMILES string of the molecule is O=C(C1CC1c1ccc2c(c1)OCCO2)N1CCNCC1c1cccc(Cl)c1. The molecule has 6 heteroatoms. The van der Waals surface area contributed by atoms with Gasteiger partial charge in [0.15, 0.2) is 11.5 Å². The van der Waals surface area contributed by atoms with Crippen molar-refractivity contribution in [2.75, 3.05) is 32.8 Å². The fraction of sp³-hybridized carbons (Fsp3) is 0.409. The molecule has 1 amide bonds. The highest BCUT2D eigenvalue weighted by Crippen LogP contribution is 2.51. The van der Waals surface area contributed by atoms with Crippen LogP contribution in [0.4, 0.5) is 0 Å². The first-order valence-electron chi connectivity index (χ1n) is 9.87. The minimum Gasteiger partial charge on any atom is -0.486 e. The molecule has 0 radical (unpaired) electrons. The molecule has 2 heterocycles. The van der Waals surface area contributed by atoms with Crippen LogP contribution in [0.5, 0.6) is 11.5 Å². The summed E-state index contributed by atoms with van der Waals surface area (Å²) in [7, 11) is 0. The Bertz CT molecular complexity index is 903. The average Bonchev–Trinajstić information content (AvgIpc) is 3.54. The third-order valence-electron chi connectivity index (χ3n) is 5.86. The Kier molecular flexibility index (Phi) is 4.65. The number of amides is 1. The standard InChI is InChI=1S/C22H23ClN2O3/c23-16-3-1-2-15(10-16)19-13-24-6-7-25(19)22(26)18-12-17(18)14-4-5-20-21(11-14)28-9-8-27-20/h1-5,10-11,17-19,24H,6-9,12-13H2. The van der Waals surface area contributed by atoms with Crippen LogP contribution in [0.25, 0.3) is 0 Å². The second kappa shape index (κ2) is 7.30. The Labute approximate surface area is 169 Å². The van der Waals surface area contributed by atoms with Crippen molar-refractivity contribution in [3.05, 3.63) is 58.6 Å². The first-order valence-corrected chi connectivity index (χ1v) is 10.2. The van der Waals surface area contributed by atoms with Gasteiger partial charge in [-0.25, -0.2) is 0 Å². The number of fused-ring (bicyclic) bond motifs is 1. The number of hydrogen-bond donors (Lipinski definition) is 1. The molecule has 3 atom stereocenters. The van der Waals surface area contributed by atoms with Crippen molar-refractivity contribution < 1.29 is 14.3 Å². The second-order valence-electron chi connectivity index (χ2n) is 7.66. The van der Waals surface area contributed by atoms with E-state index >= 15 is 0 Å². The first-order chi connectivity index (χ1) is 13.7. The second-order valence-corrected chi connectivity index (χ2v) is 8.09. The summed E-state index contributed by atoms with van der Waals surface area (Å²) in [6.45, 7) is 3.47. The van der Waals surface area contributed by atoms with E-state index in [0.29, 0.717) is 18.2 Å². The lowest BCUT2D eigenvalue weighted by Gasteiger charge is -2.37. The topological polar surface area (TPSA) is 50.8 Å². The average molecular weight is 399 g/mol. The van der Waals surface area contributed by atoms with Crippen molar-refractivity contribution >= 4 is 17.5 Å². The van der Waals surface area contributed by atoms with Gasteiger partial charge in [0.05, 0.1) is 6.04 Å². The molecule has 3 unspecified atom stereocenters. The number of benzene rings is 2. The van der Waals surface area contributed by atoms with Gasteiger partial charge < -0.3 is 19.7 Å². The van der Waals surface area contributed by atoms with Crippen LogP contribution >= 0.6 is 11.6 Å². The summed E-state index contributed by atoms with van der Waals surface area (Å²) in [5.74, 6) is 2.13. The third kappa shape index (κ3) is 3.33. The van der Waals surface area contributed by atoms with E-state index in [0.717, 1.165) is 48.7 Å². The molecular formula is C22H23ClN2O3. The van der Waals surface area contributed by atoms with E-state index in [1.807, 2.05) is 35.2 Å². The molecule has 1 saturated heterocycles. The minimum absolute atomic E-state index is 0.0291. The van der Waals surface area contributed by atoms with Crippen LogP contribution in [-0.2, 0) is 4.79 Å². The molecule has 2 fully saturated rings. The van der Waals surface area contributed by atoms with Crippen molar-refractivity contribution in [2.45, 2.75) is 18.4 Å². The number of carbonyl (C=O) groups excluding carboxylic acids is 1. The van der Waals surface area contributed by atoms with E-state index in [1.54, 1.807) is 0 Å². The zero-order valence-corrected chi connectivity index (χ0v) is 16.3. The quantitative estimate of drug-likeness (QED) is 0.861. The van der Waals surface area contributed by atoms with Crippen LogP contribution < -0.4 is 14.8 Å². The van der Waals surface area contributed by atoms with E-state index in [9.17, 15) is 4.79 Å². The fourth-order valence-electron chi connectivity index (χ4n) is 4.32. The maximum atomic E-state index is 13.3. The summed E-state index contributed by atoms with van der Waals surface area (Å²) in [6.07, 6.45) is 0.894. The number of rotatable bonds is 3. The fourth-order valence-corrected chi connectivity index (χ4v) is 4.52. The lowest BCUT2D eigenvalue weighted by atomic mass is 10.0. The molecule has 0 aromatic heterocycles. The molecule has 2 aromatic carbocycles. The van der Waals surface area contributed by atoms with Gasteiger partial charge in [0.2, 0.25) is 5.91 Å². The highest BCUT2D eigenvalue weighted by Gasteiger charge is 2.47. The van der Waals surface area contributed by atoms with E-state index < -0.39 is 0 Å². The van der Waals surface area contributed by atoms with Crippen molar-refractivity contribution in [1.29, 1.82) is 0 Å². The first kappa shape index (κ1) is 17.8. The summed E-state index contributed by atoms with van der Waals surface area (Å²) in [4.78, 5) is 15.3. The van der Waals surface area contributed by atoms with Crippen LogP contribution in [0, 0.1) is 5.92 Å². The number of halogens is 1. The molecule has 3 aliphatic rings. The zero-order valence-electron chi connectivity index (χ0n) is 15.6. The summed E-state index contributed by atoms with van der Waals surface area (Å²) >= 11 is 6.18. The summed E-state index contributed by atoms with van der Waals surface area (Å²) < 4.78 is 11.3. The van der Waals surface area contributed by atoms with Gasteiger partial charge in [0.1, 0.15) is 13.2 Å². The van der Waals surface area contributed by atoms with Gasteiger partial charge >= 0.3 is 0 Å². The van der Waals surface area contributed by atoms with E-state index in [1.165, 1.54) is 0 Å². The lowest BCUT2D eigenvalue weighted by Crippen LogP contribution is -2.49. The molecule has 0 bridgehead atoms. The smallest absolute Gasteiger partial charge is 0.226 e. The van der Waals surface area contributed by atoms with Gasteiger partial charge in [0, 0.05) is 30.6 Å². The number of carbonyl (C=O) groups is 1. The van der Waals surface area contributed by atoms with Crippen molar-refractivity contribution in [3.63, 3.8) is 0 Å². The number of piperazine rings is 1. The Morgan fingerprint density at radius 1 is 1.07 bits per heavy atom. The maximum absolute atomic E-state index is 13.3. The third-order valence-corrected chi connectivity index (χ3v) is 6.10. The Morgan fingerprint density at radius 3 is 2.79 bits per heavy atom. The van der Waals surface area contributed by atoms with Crippen molar-refractivity contribution in [2.24, 2.45) is 5.92 Å². The van der Waals surface area contributed by atoms with Crippen molar-refractivity contribution in [1.82, 2.24) is 10.2 Å². The van der Waals surface area contributed by atoms with Crippen LogP contribution in [0.3, 0.4) is 0 Å². The predicted molar refractivity (Wildman–Crippen MR) is 107 cm³/mol. The molecule has 1 saturated carbocycles. The molecule has 5 nitrogen and oxygen atoms in total. The van der Waals surface area contributed by atoms with Gasteiger partial charge in [-0.15, -0.1) is 0 Å². The number of hydrogen-bond acceptors (Lipinski definition) is 4. The normalized spacial score (nSPS) is 26.0. The van der Waals surface area contributed by atoms with Gasteiger partial charge in [-0.3, -0.25) is 4.79 Å². The van der Waals surface area contributed by atoms with E-state index in [4.69, 9.17) is 21.1 Å². The molecule has 1 aliphatic carbocycles. The molecule has 28 heavy (non-hydrogen) atoms. The molecule has 2 aromatic rings. The monoisotopic (exact) mass is 398 g/mol. The van der Waals surface area contributed by atoms with Gasteiger partial charge in [-0.05, 0) is 47.7 Å². The maximum Gasteiger partial charge on any atom is 0.226 e. The van der Waals surface area contributed by atoms with Crippen LogP contribution in [0.15, 0.2) is 42.5 Å². The molecule has 2 aliphatic heterocycles.